The summed E-state index contributed by atoms with van der Waals surface area (Å²) >= 11 is 0. The number of nitrogens with two attached hydrogens (primary N) is 1. The van der Waals surface area contributed by atoms with E-state index in [1.807, 2.05) is 0 Å². The summed E-state index contributed by atoms with van der Waals surface area (Å²) in [6, 6.07) is 1.52. The van der Waals surface area contributed by atoms with E-state index in [4.69, 9.17) is 10.5 Å². The van der Waals surface area contributed by atoms with Crippen LogP contribution in [-0.2, 0) is 0 Å². The van der Waals surface area contributed by atoms with Gasteiger partial charge in [-0.05, 0) is 0 Å². The van der Waals surface area contributed by atoms with Gasteiger partial charge in [-0.3, -0.25) is 4.79 Å². The molecule has 5 heteroatoms. The number of nitrogen functional groups attached to an aromatic ring is 1. The Morgan fingerprint density at radius 2 is 2.21 bits per heavy atom. The molecule has 0 fully saturated rings. The Kier molecular flexibility index (Phi) is 2.91. The summed E-state index contributed by atoms with van der Waals surface area (Å²) in [7, 11) is 4.82. The highest BCUT2D eigenvalue weighted by atomic mass is 16.5. The van der Waals surface area contributed by atoms with Gasteiger partial charge in [-0.25, -0.2) is 4.98 Å². The second kappa shape index (κ2) is 3.95. The normalized spacial score (nSPS) is 9.64. The van der Waals surface area contributed by atoms with Gasteiger partial charge in [0.1, 0.15) is 11.6 Å². The molecule has 0 aliphatic heterocycles. The summed E-state index contributed by atoms with van der Waals surface area (Å²) in [5.41, 5.74) is 5.87. The van der Waals surface area contributed by atoms with Crippen LogP contribution in [0.25, 0.3) is 0 Å². The number of ether oxygens (including phenoxy) is 1. The molecule has 0 bridgehead atoms. The van der Waals surface area contributed by atoms with E-state index in [0.29, 0.717) is 17.1 Å². The van der Waals surface area contributed by atoms with Crippen molar-refractivity contribution in [2.75, 3.05) is 26.9 Å². The minimum Gasteiger partial charge on any atom is -0.496 e. The van der Waals surface area contributed by atoms with Crippen LogP contribution in [0.5, 0.6) is 5.75 Å². The van der Waals surface area contributed by atoms with Crippen molar-refractivity contribution in [3.05, 3.63) is 17.8 Å². The molecule has 0 saturated heterocycles. The van der Waals surface area contributed by atoms with Crippen molar-refractivity contribution in [1.82, 2.24) is 9.88 Å². The Morgan fingerprint density at radius 1 is 1.57 bits per heavy atom. The Labute approximate surface area is 82.5 Å². The molecule has 2 N–H and O–H groups in total. The van der Waals surface area contributed by atoms with Crippen molar-refractivity contribution in [2.24, 2.45) is 0 Å². The number of pyridine rings is 1. The first kappa shape index (κ1) is 10.3. The van der Waals surface area contributed by atoms with Gasteiger partial charge in [0.05, 0.1) is 12.7 Å². The molecule has 0 aliphatic carbocycles. The lowest BCUT2D eigenvalue weighted by molar-refractivity contribution is 0.0824. The summed E-state index contributed by atoms with van der Waals surface area (Å²) < 4.78 is 5.03. The summed E-state index contributed by atoms with van der Waals surface area (Å²) in [5, 5.41) is 0. The Hall–Kier alpha value is -1.78. The number of carbonyl (C=O) groups is 1. The molecule has 1 rings (SSSR count). The topological polar surface area (TPSA) is 68.5 Å². The number of anilines is 1. The summed E-state index contributed by atoms with van der Waals surface area (Å²) in [5.74, 6) is 0.614. The molecule has 76 valence electrons. The van der Waals surface area contributed by atoms with Crippen molar-refractivity contribution in [3.8, 4) is 5.75 Å². The molecular weight excluding hydrogens is 182 g/mol. The van der Waals surface area contributed by atoms with Crippen LogP contribution in [0.15, 0.2) is 12.3 Å². The number of nitrogens with zero attached hydrogens (tertiary/aromatic N) is 2. The molecule has 0 saturated carbocycles. The van der Waals surface area contributed by atoms with E-state index in [1.54, 1.807) is 14.1 Å². The smallest absolute Gasteiger partial charge is 0.258 e. The summed E-state index contributed by atoms with van der Waals surface area (Å²) in [6.45, 7) is 0. The van der Waals surface area contributed by atoms with E-state index in [2.05, 4.69) is 4.98 Å². The molecule has 0 aliphatic rings. The Morgan fingerprint density at radius 3 is 2.71 bits per heavy atom. The average molecular weight is 195 g/mol. The molecule has 1 heterocycles. The molecule has 0 unspecified atom stereocenters. The van der Waals surface area contributed by atoms with Gasteiger partial charge >= 0.3 is 0 Å². The monoisotopic (exact) mass is 195 g/mol. The fourth-order valence-electron chi connectivity index (χ4n) is 1.02. The zero-order valence-corrected chi connectivity index (χ0v) is 8.44. The molecule has 0 aromatic carbocycles. The number of hydrogen-bond donors (Lipinski definition) is 1. The van der Waals surface area contributed by atoms with Gasteiger partial charge in [0.15, 0.2) is 0 Å². The van der Waals surface area contributed by atoms with E-state index in [-0.39, 0.29) is 5.91 Å². The highest BCUT2D eigenvalue weighted by Crippen LogP contribution is 2.20. The maximum atomic E-state index is 11.6. The lowest BCUT2D eigenvalue weighted by Crippen LogP contribution is -2.22. The third-order valence-electron chi connectivity index (χ3n) is 1.74. The first-order chi connectivity index (χ1) is 6.56. The molecule has 1 aromatic rings. The highest BCUT2D eigenvalue weighted by molar-refractivity contribution is 5.96. The molecule has 1 aromatic heterocycles. The fourth-order valence-corrected chi connectivity index (χ4v) is 1.02. The van der Waals surface area contributed by atoms with Crippen LogP contribution in [0, 0.1) is 0 Å². The minimum absolute atomic E-state index is 0.158. The maximum Gasteiger partial charge on any atom is 0.258 e. The van der Waals surface area contributed by atoms with Gasteiger partial charge in [0.25, 0.3) is 5.91 Å². The second-order valence-electron chi connectivity index (χ2n) is 3.01. The van der Waals surface area contributed by atoms with Crippen LogP contribution in [0.1, 0.15) is 10.4 Å². The van der Waals surface area contributed by atoms with Crippen LogP contribution in [0.3, 0.4) is 0 Å². The largest absolute Gasteiger partial charge is 0.496 e. The van der Waals surface area contributed by atoms with E-state index in [1.165, 1.54) is 24.3 Å². The first-order valence-electron chi connectivity index (χ1n) is 4.07. The second-order valence-corrected chi connectivity index (χ2v) is 3.01. The van der Waals surface area contributed by atoms with Gasteiger partial charge in [0, 0.05) is 26.4 Å². The predicted molar refractivity (Wildman–Crippen MR) is 53.2 cm³/mol. The Bertz CT molecular complexity index is 350. The van der Waals surface area contributed by atoms with E-state index in [9.17, 15) is 4.79 Å². The first-order valence-corrected chi connectivity index (χ1v) is 4.07. The van der Waals surface area contributed by atoms with Gasteiger partial charge in [-0.15, -0.1) is 0 Å². The lowest BCUT2D eigenvalue weighted by Gasteiger charge is -2.12. The van der Waals surface area contributed by atoms with Crippen LogP contribution >= 0.6 is 0 Å². The van der Waals surface area contributed by atoms with Crippen LogP contribution in [0.4, 0.5) is 5.82 Å². The third kappa shape index (κ3) is 1.93. The predicted octanol–water partition coefficient (Wildman–Crippen LogP) is 0.374. The molecular formula is C9H13N3O2. The number of rotatable bonds is 2. The molecule has 1 amide bonds. The molecule has 0 atom stereocenters. The molecule has 14 heavy (non-hydrogen) atoms. The molecule has 0 spiro atoms. The number of hydrogen-bond acceptors (Lipinski definition) is 4. The van der Waals surface area contributed by atoms with Crippen molar-refractivity contribution >= 4 is 11.7 Å². The molecule has 0 radical (unpaired) electrons. The lowest BCUT2D eigenvalue weighted by atomic mass is 10.2. The fraction of sp³-hybridized carbons (Fsp3) is 0.333. The van der Waals surface area contributed by atoms with Gasteiger partial charge in [0.2, 0.25) is 0 Å². The zero-order chi connectivity index (χ0) is 10.7. The van der Waals surface area contributed by atoms with Gasteiger partial charge in [-0.2, -0.15) is 0 Å². The number of carbonyl (C=O) groups excluding carboxylic acids is 1. The van der Waals surface area contributed by atoms with Crippen molar-refractivity contribution in [1.29, 1.82) is 0 Å². The molecule has 5 nitrogen and oxygen atoms in total. The Balaban J connectivity index is 3.14. The number of methoxy groups -OCH3 is 1. The van der Waals surface area contributed by atoms with Crippen LogP contribution < -0.4 is 10.5 Å². The average Bonchev–Trinajstić information content (AvgIpc) is 2.16. The van der Waals surface area contributed by atoms with Gasteiger partial charge < -0.3 is 15.4 Å². The maximum absolute atomic E-state index is 11.6. The van der Waals surface area contributed by atoms with Crippen LogP contribution in [-0.4, -0.2) is 37.0 Å². The summed E-state index contributed by atoms with van der Waals surface area (Å²) in [6.07, 6.45) is 1.41. The summed E-state index contributed by atoms with van der Waals surface area (Å²) in [4.78, 5) is 16.9. The minimum atomic E-state index is -0.158. The third-order valence-corrected chi connectivity index (χ3v) is 1.74. The van der Waals surface area contributed by atoms with Crippen molar-refractivity contribution in [2.45, 2.75) is 0 Å². The van der Waals surface area contributed by atoms with E-state index in [0.717, 1.165) is 0 Å². The quantitative estimate of drug-likeness (QED) is 0.740. The zero-order valence-electron chi connectivity index (χ0n) is 8.44. The SMILES string of the molecule is COc1cc(N)ncc1C(=O)N(C)C. The van der Waals surface area contributed by atoms with E-state index < -0.39 is 0 Å². The van der Waals surface area contributed by atoms with Gasteiger partial charge in [-0.1, -0.05) is 0 Å². The van der Waals surface area contributed by atoms with Crippen LogP contribution in [0.2, 0.25) is 0 Å². The standard InChI is InChI=1S/C9H13N3O2/c1-12(2)9(13)6-5-11-8(10)4-7(6)14-3/h4-5H,1-3H3,(H2,10,11). The van der Waals surface area contributed by atoms with Crippen molar-refractivity contribution < 1.29 is 9.53 Å². The number of aromatic nitrogens is 1. The van der Waals surface area contributed by atoms with E-state index >= 15 is 0 Å². The number of amides is 1. The highest BCUT2D eigenvalue weighted by Gasteiger charge is 2.14. The van der Waals surface area contributed by atoms with Crippen molar-refractivity contribution in [3.63, 3.8) is 0 Å².